The molecule has 16 heavy (non-hydrogen) atoms. The van der Waals surface area contributed by atoms with Crippen LogP contribution in [0.1, 0.15) is 51.5 Å². The lowest BCUT2D eigenvalue weighted by molar-refractivity contribution is 0.167. The molecule has 1 aliphatic rings. The molecule has 0 aromatic carbocycles. The van der Waals surface area contributed by atoms with Crippen LogP contribution in [0, 0.1) is 0 Å². The number of hydrogen-bond acceptors (Lipinski definition) is 3. The second-order valence-electron chi connectivity index (χ2n) is 4.30. The van der Waals surface area contributed by atoms with Crippen LogP contribution in [0.4, 0.5) is 0 Å². The number of thiazole rings is 1. The summed E-state index contributed by atoms with van der Waals surface area (Å²) in [5.74, 6) is 0.686. The molecule has 2 rings (SSSR count). The largest absolute Gasteiger partial charge is 0.300 e. The van der Waals surface area contributed by atoms with Crippen molar-refractivity contribution >= 4 is 11.3 Å². The van der Waals surface area contributed by atoms with Gasteiger partial charge in [-0.1, -0.05) is 13.8 Å². The van der Waals surface area contributed by atoms with Crippen molar-refractivity contribution in [3.05, 3.63) is 16.6 Å². The molecule has 1 saturated heterocycles. The molecule has 0 bridgehead atoms. The maximum atomic E-state index is 4.43. The summed E-state index contributed by atoms with van der Waals surface area (Å²) in [5, 5.41) is 3.42. The fraction of sp³-hybridized carbons (Fsp3) is 0.769. The quantitative estimate of drug-likeness (QED) is 0.782. The van der Waals surface area contributed by atoms with Crippen molar-refractivity contribution in [1.82, 2.24) is 9.88 Å². The number of rotatable bonds is 2. The second-order valence-corrected chi connectivity index (χ2v) is 5.22. The van der Waals surface area contributed by atoms with E-state index in [4.69, 9.17) is 0 Å². The van der Waals surface area contributed by atoms with E-state index in [0.29, 0.717) is 12.0 Å². The minimum atomic E-state index is 0.678. The summed E-state index contributed by atoms with van der Waals surface area (Å²) in [6.07, 6.45) is 4.56. The van der Waals surface area contributed by atoms with Crippen LogP contribution in [0.2, 0.25) is 0 Å². The summed E-state index contributed by atoms with van der Waals surface area (Å²) in [7, 11) is 0. The first-order valence-electron chi connectivity index (χ1n) is 6.41. The summed E-state index contributed by atoms with van der Waals surface area (Å²) in [5.41, 5.74) is 0. The third-order valence-electron chi connectivity index (χ3n) is 2.98. The maximum Gasteiger partial charge on any atom is 0.0968 e. The molecule has 1 aromatic heterocycles. The molecule has 0 radical (unpaired) electrons. The average Bonchev–Trinajstić information content (AvgIpc) is 2.85. The standard InChI is InChI=1S/C11H18N2S.C2H6/c1-9(2)13-6-3-4-10(8-13)11-12-5-7-14-11;1-2/h5,7,9-10H,3-4,6,8H2,1-2H3;1-2H3. The van der Waals surface area contributed by atoms with Crippen molar-refractivity contribution in [2.75, 3.05) is 13.1 Å². The zero-order valence-corrected chi connectivity index (χ0v) is 11.8. The summed E-state index contributed by atoms with van der Waals surface area (Å²) < 4.78 is 0. The minimum absolute atomic E-state index is 0.678. The minimum Gasteiger partial charge on any atom is -0.300 e. The van der Waals surface area contributed by atoms with E-state index >= 15 is 0 Å². The molecule has 1 aliphatic heterocycles. The number of hydrogen-bond donors (Lipinski definition) is 0. The molecule has 0 N–H and O–H groups in total. The van der Waals surface area contributed by atoms with Crippen molar-refractivity contribution in [3.8, 4) is 0 Å². The molecule has 1 aromatic rings. The van der Waals surface area contributed by atoms with Gasteiger partial charge in [0.15, 0.2) is 0 Å². The Hall–Kier alpha value is -0.410. The van der Waals surface area contributed by atoms with Crippen molar-refractivity contribution in [1.29, 1.82) is 0 Å². The van der Waals surface area contributed by atoms with Crippen molar-refractivity contribution in [2.45, 2.75) is 52.5 Å². The van der Waals surface area contributed by atoms with Crippen molar-refractivity contribution in [3.63, 3.8) is 0 Å². The van der Waals surface area contributed by atoms with Crippen LogP contribution in [0.25, 0.3) is 0 Å². The van der Waals surface area contributed by atoms with Gasteiger partial charge in [-0.25, -0.2) is 4.98 Å². The van der Waals surface area contributed by atoms with Gasteiger partial charge in [0, 0.05) is 30.1 Å². The van der Waals surface area contributed by atoms with Crippen LogP contribution < -0.4 is 0 Å². The van der Waals surface area contributed by atoms with E-state index < -0.39 is 0 Å². The molecule has 1 fully saturated rings. The fourth-order valence-corrected chi connectivity index (χ4v) is 2.88. The van der Waals surface area contributed by atoms with E-state index in [-0.39, 0.29) is 0 Å². The lowest BCUT2D eigenvalue weighted by Gasteiger charge is -2.34. The molecule has 3 heteroatoms. The van der Waals surface area contributed by atoms with Gasteiger partial charge in [0.1, 0.15) is 0 Å². The lowest BCUT2D eigenvalue weighted by atomic mass is 9.98. The smallest absolute Gasteiger partial charge is 0.0968 e. The van der Waals surface area contributed by atoms with Gasteiger partial charge in [0.05, 0.1) is 5.01 Å². The molecule has 0 spiro atoms. The van der Waals surface area contributed by atoms with Crippen molar-refractivity contribution in [2.24, 2.45) is 0 Å². The highest BCUT2D eigenvalue weighted by atomic mass is 32.1. The summed E-state index contributed by atoms with van der Waals surface area (Å²) in [6.45, 7) is 11.0. The first-order valence-corrected chi connectivity index (χ1v) is 7.29. The molecule has 1 atom stereocenters. The molecule has 0 amide bonds. The maximum absolute atomic E-state index is 4.43. The van der Waals surface area contributed by atoms with Crippen LogP contribution >= 0.6 is 11.3 Å². The number of aromatic nitrogens is 1. The second kappa shape index (κ2) is 7.02. The number of likely N-dealkylation sites (tertiary alicyclic amines) is 1. The average molecular weight is 240 g/mol. The molecular formula is C13H24N2S. The Labute approximate surface area is 104 Å². The highest BCUT2D eigenvalue weighted by Gasteiger charge is 2.24. The zero-order valence-electron chi connectivity index (χ0n) is 10.9. The Morgan fingerprint density at radius 2 is 2.19 bits per heavy atom. The molecule has 0 saturated carbocycles. The van der Waals surface area contributed by atoms with Gasteiger partial charge < -0.3 is 4.90 Å². The van der Waals surface area contributed by atoms with Crippen molar-refractivity contribution < 1.29 is 0 Å². The third kappa shape index (κ3) is 3.56. The Morgan fingerprint density at radius 1 is 1.44 bits per heavy atom. The normalized spacial score (nSPS) is 21.7. The van der Waals surface area contributed by atoms with Crippen LogP contribution in [0.5, 0.6) is 0 Å². The topological polar surface area (TPSA) is 16.1 Å². The Balaban J connectivity index is 0.000000606. The summed E-state index contributed by atoms with van der Waals surface area (Å²) in [6, 6.07) is 0.678. The van der Waals surface area contributed by atoms with Crippen LogP contribution in [-0.4, -0.2) is 29.0 Å². The van der Waals surface area contributed by atoms with E-state index in [1.54, 1.807) is 11.3 Å². The Bertz CT molecular complexity index is 269. The van der Waals surface area contributed by atoms with Gasteiger partial charge in [-0.3, -0.25) is 0 Å². The van der Waals surface area contributed by atoms with Gasteiger partial charge in [-0.2, -0.15) is 0 Å². The van der Waals surface area contributed by atoms with Gasteiger partial charge in [0.2, 0.25) is 0 Å². The SMILES string of the molecule is CC.CC(C)N1CCCC(c2nccs2)C1. The van der Waals surface area contributed by atoms with Gasteiger partial charge in [-0.15, -0.1) is 11.3 Å². The first kappa shape index (κ1) is 13.7. The Morgan fingerprint density at radius 3 is 2.75 bits per heavy atom. The van der Waals surface area contributed by atoms with E-state index in [1.807, 2.05) is 20.0 Å². The van der Waals surface area contributed by atoms with Gasteiger partial charge in [-0.05, 0) is 33.2 Å². The predicted octanol–water partition coefficient (Wildman–Crippen LogP) is 3.76. The number of nitrogens with zero attached hydrogens (tertiary/aromatic N) is 2. The number of piperidine rings is 1. The van der Waals surface area contributed by atoms with E-state index in [2.05, 4.69) is 29.1 Å². The van der Waals surface area contributed by atoms with Gasteiger partial charge in [0.25, 0.3) is 0 Å². The zero-order chi connectivity index (χ0) is 12.0. The molecule has 0 aliphatic carbocycles. The molecular weight excluding hydrogens is 216 g/mol. The molecule has 2 nitrogen and oxygen atoms in total. The van der Waals surface area contributed by atoms with E-state index in [9.17, 15) is 0 Å². The first-order chi connectivity index (χ1) is 7.77. The van der Waals surface area contributed by atoms with Gasteiger partial charge >= 0.3 is 0 Å². The van der Waals surface area contributed by atoms with E-state index in [0.717, 1.165) is 0 Å². The third-order valence-corrected chi connectivity index (χ3v) is 3.92. The molecule has 92 valence electrons. The highest BCUT2D eigenvalue weighted by molar-refractivity contribution is 7.09. The van der Waals surface area contributed by atoms with Crippen LogP contribution in [-0.2, 0) is 0 Å². The fourth-order valence-electron chi connectivity index (χ4n) is 2.11. The summed E-state index contributed by atoms with van der Waals surface area (Å²) >= 11 is 1.81. The Kier molecular flexibility index (Phi) is 5.99. The van der Waals surface area contributed by atoms with Crippen LogP contribution in [0.15, 0.2) is 11.6 Å². The van der Waals surface area contributed by atoms with Crippen LogP contribution in [0.3, 0.4) is 0 Å². The van der Waals surface area contributed by atoms with E-state index in [1.165, 1.54) is 30.9 Å². The highest BCUT2D eigenvalue weighted by Crippen LogP contribution is 2.28. The lowest BCUT2D eigenvalue weighted by Crippen LogP contribution is -2.39. The summed E-state index contributed by atoms with van der Waals surface area (Å²) in [4.78, 5) is 6.99. The molecule has 1 unspecified atom stereocenters. The monoisotopic (exact) mass is 240 g/mol. The molecule has 2 heterocycles. The predicted molar refractivity (Wildman–Crippen MR) is 72.1 cm³/mol.